The summed E-state index contributed by atoms with van der Waals surface area (Å²) in [5.41, 5.74) is 2.24. The quantitative estimate of drug-likeness (QED) is 0.348. The minimum absolute atomic E-state index is 0.0252. The van der Waals surface area contributed by atoms with Crippen LogP contribution in [0.3, 0.4) is 0 Å². The van der Waals surface area contributed by atoms with Gasteiger partial charge in [-0.3, -0.25) is 9.36 Å². The van der Waals surface area contributed by atoms with E-state index < -0.39 is 10.0 Å². The van der Waals surface area contributed by atoms with Crippen molar-refractivity contribution in [3.63, 3.8) is 0 Å². The summed E-state index contributed by atoms with van der Waals surface area (Å²) in [6.07, 6.45) is 7.32. The Hall–Kier alpha value is -3.82. The normalized spacial score (nSPS) is 14.2. The van der Waals surface area contributed by atoms with Crippen LogP contribution in [0.15, 0.2) is 83.1 Å². The summed E-state index contributed by atoms with van der Waals surface area (Å²) in [6, 6.07) is 16.1. The molecular formula is C28H28N4O4S. The molecule has 0 radical (unpaired) electrons. The summed E-state index contributed by atoms with van der Waals surface area (Å²) in [5, 5.41) is 0.415. The summed E-state index contributed by atoms with van der Waals surface area (Å²) >= 11 is 0. The molecule has 9 heteroatoms. The lowest BCUT2D eigenvalue weighted by molar-refractivity contribution is 0.384. The lowest BCUT2D eigenvalue weighted by atomic mass is 10.1. The molecule has 0 saturated heterocycles. The number of rotatable bonds is 8. The molecule has 0 amide bonds. The van der Waals surface area contributed by atoms with Crippen LogP contribution in [-0.2, 0) is 16.4 Å². The summed E-state index contributed by atoms with van der Waals surface area (Å²) in [5.74, 6) is 0.612. The van der Waals surface area contributed by atoms with Gasteiger partial charge in [0.1, 0.15) is 10.7 Å². The highest BCUT2D eigenvalue weighted by Gasteiger charge is 2.27. The van der Waals surface area contributed by atoms with Crippen LogP contribution < -0.4 is 15.0 Å². The highest BCUT2D eigenvalue weighted by atomic mass is 32.2. The van der Waals surface area contributed by atoms with E-state index in [4.69, 9.17) is 9.72 Å². The molecule has 4 aromatic rings. The predicted molar refractivity (Wildman–Crippen MR) is 144 cm³/mol. The van der Waals surface area contributed by atoms with E-state index in [1.54, 1.807) is 35.0 Å². The molecule has 1 N–H and O–H groups in total. The van der Waals surface area contributed by atoms with Crippen molar-refractivity contribution in [2.75, 3.05) is 7.11 Å². The van der Waals surface area contributed by atoms with Crippen LogP contribution in [0.1, 0.15) is 31.5 Å². The number of allylic oxidation sites excluding steroid dienone is 1. The van der Waals surface area contributed by atoms with Crippen LogP contribution in [0.5, 0.6) is 5.88 Å². The fourth-order valence-corrected chi connectivity index (χ4v) is 6.23. The largest absolute Gasteiger partial charge is 0.480 e. The van der Waals surface area contributed by atoms with Gasteiger partial charge in [-0.1, -0.05) is 43.2 Å². The van der Waals surface area contributed by atoms with E-state index in [9.17, 15) is 13.2 Å². The number of hydrogen-bond acceptors (Lipinski definition) is 6. The third-order valence-corrected chi connectivity index (χ3v) is 8.11. The molecule has 1 saturated carbocycles. The highest BCUT2D eigenvalue weighted by Crippen LogP contribution is 2.30. The maximum Gasteiger partial charge on any atom is 0.265 e. The monoisotopic (exact) mass is 516 g/mol. The van der Waals surface area contributed by atoms with Crippen LogP contribution in [0.4, 0.5) is 0 Å². The van der Waals surface area contributed by atoms with Gasteiger partial charge in [0.15, 0.2) is 0 Å². The number of hydrogen-bond donors (Lipinski definition) is 1. The molecule has 2 heterocycles. The van der Waals surface area contributed by atoms with Crippen LogP contribution in [-0.4, -0.2) is 36.1 Å². The van der Waals surface area contributed by atoms with Crippen LogP contribution in [0.2, 0.25) is 0 Å². The van der Waals surface area contributed by atoms with E-state index >= 15 is 0 Å². The molecule has 5 rings (SSSR count). The summed E-state index contributed by atoms with van der Waals surface area (Å²) in [7, 11) is -2.45. The lowest BCUT2D eigenvalue weighted by Crippen LogP contribution is -2.33. The summed E-state index contributed by atoms with van der Waals surface area (Å²) in [6.45, 7) is 3.80. The van der Waals surface area contributed by atoms with Gasteiger partial charge in [-0.2, -0.15) is 0 Å². The van der Waals surface area contributed by atoms with E-state index in [2.05, 4.69) is 16.3 Å². The Labute approximate surface area is 215 Å². The van der Waals surface area contributed by atoms with Crippen molar-refractivity contribution < 1.29 is 13.2 Å². The fraction of sp³-hybridized carbons (Fsp3) is 0.250. The minimum atomic E-state index is -3.85. The Morgan fingerprint density at radius 1 is 1.11 bits per heavy atom. The zero-order valence-electron chi connectivity index (χ0n) is 20.6. The van der Waals surface area contributed by atoms with E-state index in [1.807, 2.05) is 36.4 Å². The molecule has 37 heavy (non-hydrogen) atoms. The molecule has 0 bridgehead atoms. The maximum absolute atomic E-state index is 13.7. The number of benzene rings is 2. The van der Waals surface area contributed by atoms with Gasteiger partial charge in [0.2, 0.25) is 15.9 Å². The molecule has 2 aromatic carbocycles. The van der Waals surface area contributed by atoms with Gasteiger partial charge in [0.05, 0.1) is 23.7 Å². The molecule has 0 unspecified atom stereocenters. The first-order chi connectivity index (χ1) is 17.9. The summed E-state index contributed by atoms with van der Waals surface area (Å²) < 4.78 is 36.1. The molecule has 1 aliphatic carbocycles. The molecular weight excluding hydrogens is 488 g/mol. The molecule has 1 fully saturated rings. The molecule has 0 spiro atoms. The molecule has 2 aromatic heterocycles. The van der Waals surface area contributed by atoms with Crippen LogP contribution in [0.25, 0.3) is 27.7 Å². The van der Waals surface area contributed by atoms with Gasteiger partial charge in [-0.25, -0.2) is 23.1 Å². The predicted octanol–water partition coefficient (Wildman–Crippen LogP) is 4.41. The standard InChI is InChI=1S/C28H28N4O4S/c1-3-9-26-30-24-15-14-19(16-23(24)28(33)32(26)22-12-5-4-6-13-22)20-17-25(27(36-2)29-18-20)37(34,35)31-21-10-7-8-11-21/h3-6,12-18,21,31H,1,7-11H2,2H3. The Morgan fingerprint density at radius 2 is 1.86 bits per heavy atom. The van der Waals surface area contributed by atoms with Gasteiger partial charge < -0.3 is 4.74 Å². The van der Waals surface area contributed by atoms with E-state index in [0.29, 0.717) is 40.0 Å². The number of nitrogens with one attached hydrogen (secondary N) is 1. The number of pyridine rings is 1. The van der Waals surface area contributed by atoms with Crippen molar-refractivity contribution in [2.45, 2.75) is 43.0 Å². The van der Waals surface area contributed by atoms with Crippen molar-refractivity contribution in [3.05, 3.63) is 89.6 Å². The van der Waals surface area contributed by atoms with Crippen molar-refractivity contribution >= 4 is 20.9 Å². The van der Waals surface area contributed by atoms with E-state index in [-0.39, 0.29) is 22.4 Å². The molecule has 190 valence electrons. The van der Waals surface area contributed by atoms with E-state index in [0.717, 1.165) is 25.7 Å². The number of ether oxygens (including phenoxy) is 1. The minimum Gasteiger partial charge on any atom is -0.480 e. The first kappa shape index (κ1) is 24.9. The third kappa shape index (κ3) is 4.92. The van der Waals surface area contributed by atoms with E-state index in [1.165, 1.54) is 7.11 Å². The van der Waals surface area contributed by atoms with Gasteiger partial charge >= 0.3 is 0 Å². The lowest BCUT2D eigenvalue weighted by Gasteiger charge is -2.16. The third-order valence-electron chi connectivity index (χ3n) is 6.59. The molecule has 8 nitrogen and oxygen atoms in total. The fourth-order valence-electron chi connectivity index (χ4n) is 4.78. The molecule has 1 aliphatic rings. The number of methoxy groups -OCH3 is 1. The number of fused-ring (bicyclic) bond motifs is 1. The number of para-hydroxylation sites is 1. The number of sulfonamides is 1. The van der Waals surface area contributed by atoms with Crippen molar-refractivity contribution in [1.29, 1.82) is 0 Å². The SMILES string of the molecule is C=CCc1nc2ccc(-c3cnc(OC)c(S(=O)(=O)NC4CCCC4)c3)cc2c(=O)n1-c1ccccc1. The average molecular weight is 517 g/mol. The molecule has 0 atom stereocenters. The number of nitrogens with zero attached hydrogens (tertiary/aromatic N) is 3. The first-order valence-electron chi connectivity index (χ1n) is 12.2. The van der Waals surface area contributed by atoms with Crippen LogP contribution >= 0.6 is 0 Å². The zero-order valence-corrected chi connectivity index (χ0v) is 21.4. The zero-order chi connectivity index (χ0) is 26.0. The van der Waals surface area contributed by atoms with Crippen molar-refractivity contribution in [1.82, 2.24) is 19.3 Å². The van der Waals surface area contributed by atoms with Crippen LogP contribution in [0, 0.1) is 0 Å². The van der Waals surface area contributed by atoms with Crippen molar-refractivity contribution in [2.24, 2.45) is 0 Å². The Kier molecular flexibility index (Phi) is 6.90. The van der Waals surface area contributed by atoms with Gasteiger partial charge in [0, 0.05) is 24.2 Å². The highest BCUT2D eigenvalue weighted by molar-refractivity contribution is 7.89. The topological polar surface area (TPSA) is 103 Å². The number of aromatic nitrogens is 3. The second kappa shape index (κ2) is 10.3. The van der Waals surface area contributed by atoms with Gasteiger partial charge in [-0.15, -0.1) is 6.58 Å². The smallest absolute Gasteiger partial charge is 0.265 e. The second-order valence-corrected chi connectivity index (χ2v) is 10.7. The molecule has 0 aliphatic heterocycles. The van der Waals surface area contributed by atoms with Gasteiger partial charge in [0.25, 0.3) is 5.56 Å². The Bertz CT molecular complexity index is 1630. The van der Waals surface area contributed by atoms with Crippen molar-refractivity contribution in [3.8, 4) is 22.7 Å². The summed E-state index contributed by atoms with van der Waals surface area (Å²) in [4.78, 5) is 22.6. The Balaban J connectivity index is 1.63. The first-order valence-corrected chi connectivity index (χ1v) is 13.7. The van der Waals surface area contributed by atoms with Gasteiger partial charge in [-0.05, 0) is 48.7 Å². The Morgan fingerprint density at radius 3 is 2.57 bits per heavy atom. The maximum atomic E-state index is 13.7. The second-order valence-electron chi connectivity index (χ2n) is 9.06. The average Bonchev–Trinajstić information content (AvgIpc) is 3.41.